The van der Waals surface area contributed by atoms with Gasteiger partial charge >= 0.3 is 11.9 Å². The molecule has 7 heteroatoms. The number of piperidine rings is 1. The molecule has 0 aromatic heterocycles. The quantitative estimate of drug-likeness (QED) is 0.645. The van der Waals surface area contributed by atoms with Crippen LogP contribution in [0, 0.1) is 5.41 Å². The lowest BCUT2D eigenvalue weighted by molar-refractivity contribution is -0.156. The predicted octanol–water partition coefficient (Wildman–Crippen LogP) is 0.282. The minimum atomic E-state index is -1.14. The van der Waals surface area contributed by atoms with E-state index in [1.807, 2.05) is 6.92 Å². The number of carboxylic acids is 2. The number of aliphatic carboxylic acids is 2. The van der Waals surface area contributed by atoms with E-state index in [4.69, 9.17) is 10.8 Å². The highest BCUT2D eigenvalue weighted by Gasteiger charge is 2.43. The van der Waals surface area contributed by atoms with E-state index in [0.717, 1.165) is 6.42 Å². The monoisotopic (exact) mass is 286 g/mol. The first-order valence-corrected chi connectivity index (χ1v) is 6.82. The summed E-state index contributed by atoms with van der Waals surface area (Å²) < 4.78 is 0. The van der Waals surface area contributed by atoms with Crippen molar-refractivity contribution in [1.29, 1.82) is 0 Å². The van der Waals surface area contributed by atoms with Crippen molar-refractivity contribution in [2.75, 3.05) is 13.1 Å². The average molecular weight is 286 g/mol. The van der Waals surface area contributed by atoms with E-state index in [9.17, 15) is 19.5 Å². The summed E-state index contributed by atoms with van der Waals surface area (Å²) in [6, 6.07) is -1.11. The fraction of sp³-hybridized carbons (Fsp3) is 0.769. The van der Waals surface area contributed by atoms with Crippen LogP contribution in [0.1, 0.15) is 39.0 Å². The summed E-state index contributed by atoms with van der Waals surface area (Å²) in [6.07, 6.45) is 1.91. The Hall–Kier alpha value is -1.63. The van der Waals surface area contributed by atoms with Gasteiger partial charge in [0.2, 0.25) is 5.91 Å². The maximum absolute atomic E-state index is 12.1. The number of rotatable bonds is 6. The van der Waals surface area contributed by atoms with E-state index in [1.165, 1.54) is 4.90 Å². The van der Waals surface area contributed by atoms with Crippen molar-refractivity contribution in [3.05, 3.63) is 0 Å². The van der Waals surface area contributed by atoms with Gasteiger partial charge in [0.25, 0.3) is 0 Å². The first-order chi connectivity index (χ1) is 9.32. The van der Waals surface area contributed by atoms with Gasteiger partial charge < -0.3 is 20.8 Å². The predicted molar refractivity (Wildman–Crippen MR) is 71.0 cm³/mol. The van der Waals surface area contributed by atoms with Crippen molar-refractivity contribution < 1.29 is 24.6 Å². The summed E-state index contributed by atoms with van der Waals surface area (Å²) in [5.74, 6) is -2.52. The summed E-state index contributed by atoms with van der Waals surface area (Å²) >= 11 is 0. The highest BCUT2D eigenvalue weighted by Crippen LogP contribution is 2.35. The van der Waals surface area contributed by atoms with Gasteiger partial charge in [-0.3, -0.25) is 14.4 Å². The molecule has 0 aromatic rings. The van der Waals surface area contributed by atoms with Gasteiger partial charge in [0.15, 0.2) is 0 Å². The van der Waals surface area contributed by atoms with Crippen molar-refractivity contribution in [3.63, 3.8) is 0 Å². The summed E-state index contributed by atoms with van der Waals surface area (Å²) in [6.45, 7) is 2.45. The summed E-state index contributed by atoms with van der Waals surface area (Å²) in [5, 5.41) is 18.1. The molecule has 1 amide bonds. The third-order valence-electron chi connectivity index (χ3n) is 3.78. The topological polar surface area (TPSA) is 121 Å². The zero-order valence-electron chi connectivity index (χ0n) is 11.7. The second-order valence-electron chi connectivity index (χ2n) is 5.40. The maximum Gasteiger partial charge on any atom is 0.311 e. The highest BCUT2D eigenvalue weighted by atomic mass is 16.4. The van der Waals surface area contributed by atoms with Gasteiger partial charge in [0, 0.05) is 13.1 Å². The molecule has 1 rings (SSSR count). The van der Waals surface area contributed by atoms with Crippen LogP contribution < -0.4 is 5.73 Å². The number of amides is 1. The number of hydrogen-bond acceptors (Lipinski definition) is 4. The lowest BCUT2D eigenvalue weighted by atomic mass is 9.76. The number of hydrogen-bond donors (Lipinski definition) is 3. The molecule has 2 unspecified atom stereocenters. The number of nitrogens with zero attached hydrogens (tertiary/aromatic N) is 1. The van der Waals surface area contributed by atoms with Crippen LogP contribution in [0.4, 0.5) is 0 Å². The Labute approximate surface area is 117 Å². The SMILES string of the molecule is CCCC1(C(=O)O)CCCN(C(=O)C(N)CC(=O)O)C1. The summed E-state index contributed by atoms with van der Waals surface area (Å²) in [4.78, 5) is 35.6. The van der Waals surface area contributed by atoms with Gasteiger partial charge in [0.05, 0.1) is 17.9 Å². The van der Waals surface area contributed by atoms with Crippen molar-refractivity contribution in [1.82, 2.24) is 4.90 Å². The highest BCUT2D eigenvalue weighted by molar-refractivity contribution is 5.87. The molecular formula is C13H22N2O5. The van der Waals surface area contributed by atoms with Gasteiger partial charge in [-0.2, -0.15) is 0 Å². The molecule has 0 aromatic carbocycles. The number of carbonyl (C=O) groups excluding carboxylic acids is 1. The largest absolute Gasteiger partial charge is 0.481 e. The average Bonchev–Trinajstić information content (AvgIpc) is 2.37. The molecule has 0 aliphatic carbocycles. The maximum atomic E-state index is 12.1. The van der Waals surface area contributed by atoms with E-state index in [0.29, 0.717) is 25.8 Å². The van der Waals surface area contributed by atoms with Gasteiger partial charge in [-0.15, -0.1) is 0 Å². The molecule has 1 heterocycles. The number of nitrogens with two attached hydrogens (primary N) is 1. The Morgan fingerprint density at radius 2 is 2.00 bits per heavy atom. The summed E-state index contributed by atoms with van der Waals surface area (Å²) in [7, 11) is 0. The smallest absolute Gasteiger partial charge is 0.311 e. The molecule has 1 saturated heterocycles. The van der Waals surface area contributed by atoms with Crippen LogP contribution in [0.3, 0.4) is 0 Å². The molecule has 1 aliphatic heterocycles. The van der Waals surface area contributed by atoms with Crippen LogP contribution in [0.2, 0.25) is 0 Å². The standard InChI is InChI=1S/C13H22N2O5/c1-2-4-13(12(19)20)5-3-6-15(8-13)11(18)9(14)7-10(16)17/h9H,2-8,14H2,1H3,(H,16,17)(H,19,20). The molecule has 7 nitrogen and oxygen atoms in total. The van der Waals surface area contributed by atoms with Crippen LogP contribution >= 0.6 is 0 Å². The van der Waals surface area contributed by atoms with Crippen LogP contribution in [0.5, 0.6) is 0 Å². The van der Waals surface area contributed by atoms with E-state index in [1.54, 1.807) is 0 Å². The summed E-state index contributed by atoms with van der Waals surface area (Å²) in [5.41, 5.74) is 4.64. The van der Waals surface area contributed by atoms with Crippen molar-refractivity contribution in [2.24, 2.45) is 11.1 Å². The second kappa shape index (κ2) is 6.69. The molecule has 4 N–H and O–H groups in total. The van der Waals surface area contributed by atoms with Crippen LogP contribution in [-0.4, -0.2) is 52.1 Å². The Kier molecular flexibility index (Phi) is 5.50. The molecular weight excluding hydrogens is 264 g/mol. The first kappa shape index (κ1) is 16.4. The Bertz CT molecular complexity index is 394. The Morgan fingerprint density at radius 1 is 1.35 bits per heavy atom. The van der Waals surface area contributed by atoms with E-state index >= 15 is 0 Å². The third kappa shape index (κ3) is 3.69. The fourth-order valence-electron chi connectivity index (χ4n) is 2.79. The van der Waals surface area contributed by atoms with Gasteiger partial charge in [-0.05, 0) is 19.3 Å². The van der Waals surface area contributed by atoms with Crippen LogP contribution in [0.25, 0.3) is 0 Å². The minimum Gasteiger partial charge on any atom is -0.481 e. The zero-order valence-corrected chi connectivity index (χ0v) is 11.7. The van der Waals surface area contributed by atoms with Crippen molar-refractivity contribution in [2.45, 2.75) is 45.1 Å². The van der Waals surface area contributed by atoms with Crippen LogP contribution in [-0.2, 0) is 14.4 Å². The molecule has 2 atom stereocenters. The first-order valence-electron chi connectivity index (χ1n) is 6.82. The zero-order chi connectivity index (χ0) is 15.3. The second-order valence-corrected chi connectivity index (χ2v) is 5.40. The Morgan fingerprint density at radius 3 is 2.50 bits per heavy atom. The molecule has 0 bridgehead atoms. The van der Waals surface area contributed by atoms with E-state index in [2.05, 4.69) is 0 Å². The molecule has 1 aliphatic rings. The molecule has 1 fully saturated rings. The fourth-order valence-corrected chi connectivity index (χ4v) is 2.79. The molecule has 0 spiro atoms. The van der Waals surface area contributed by atoms with Crippen LogP contribution in [0.15, 0.2) is 0 Å². The third-order valence-corrected chi connectivity index (χ3v) is 3.78. The number of carbonyl (C=O) groups is 3. The van der Waals surface area contributed by atoms with Gasteiger partial charge in [0.1, 0.15) is 0 Å². The van der Waals surface area contributed by atoms with Crippen molar-refractivity contribution >= 4 is 17.8 Å². The number of carboxylic acid groups (broad SMARTS) is 2. The molecule has 0 radical (unpaired) electrons. The Balaban J connectivity index is 2.79. The van der Waals surface area contributed by atoms with E-state index < -0.39 is 35.7 Å². The molecule has 20 heavy (non-hydrogen) atoms. The minimum absolute atomic E-state index is 0.113. The lowest BCUT2D eigenvalue weighted by Crippen LogP contribution is -2.54. The lowest BCUT2D eigenvalue weighted by Gasteiger charge is -2.40. The number of likely N-dealkylation sites (tertiary alicyclic amines) is 1. The molecule has 114 valence electrons. The molecule has 0 saturated carbocycles. The van der Waals surface area contributed by atoms with Crippen molar-refractivity contribution in [3.8, 4) is 0 Å². The normalized spacial score (nSPS) is 24.2. The van der Waals surface area contributed by atoms with E-state index in [-0.39, 0.29) is 6.54 Å². The van der Waals surface area contributed by atoms with Gasteiger partial charge in [-0.25, -0.2) is 0 Å². The van der Waals surface area contributed by atoms with Gasteiger partial charge in [-0.1, -0.05) is 13.3 Å².